The number of amides is 3. The number of hydrogen-bond acceptors (Lipinski definition) is 5. The quantitative estimate of drug-likeness (QED) is 0.765. The lowest BCUT2D eigenvalue weighted by Gasteiger charge is -2.14. The molecule has 1 aromatic rings. The van der Waals surface area contributed by atoms with Crippen LogP contribution in [0.25, 0.3) is 0 Å². The van der Waals surface area contributed by atoms with Crippen LogP contribution >= 0.6 is 10.7 Å². The number of imidazole rings is 1. The van der Waals surface area contributed by atoms with Crippen LogP contribution < -0.4 is 11.1 Å². The fourth-order valence-corrected chi connectivity index (χ4v) is 2.15. The number of carbonyl (C=O) groups is 2. The van der Waals surface area contributed by atoms with E-state index in [2.05, 4.69) is 4.98 Å². The molecule has 19 heavy (non-hydrogen) atoms. The van der Waals surface area contributed by atoms with Gasteiger partial charge in [0.05, 0.1) is 0 Å². The normalized spacial score (nSPS) is 13.0. The summed E-state index contributed by atoms with van der Waals surface area (Å²) in [6.07, 6.45) is 1.53. The maximum Gasteiger partial charge on any atom is 0.318 e. The Morgan fingerprint density at radius 3 is 2.58 bits per heavy atom. The van der Waals surface area contributed by atoms with Crippen molar-refractivity contribution >= 4 is 31.7 Å². The van der Waals surface area contributed by atoms with Crippen molar-refractivity contribution in [2.24, 2.45) is 5.73 Å². The number of hydrogen-bond donors (Lipinski definition) is 2. The molecule has 1 heterocycles. The van der Waals surface area contributed by atoms with Crippen molar-refractivity contribution < 1.29 is 18.0 Å². The molecular formula is C9H13ClN4O4S. The largest absolute Gasteiger partial charge is 0.351 e. The topological polar surface area (TPSA) is 124 Å². The van der Waals surface area contributed by atoms with Crippen LogP contribution in [-0.4, -0.2) is 29.9 Å². The highest BCUT2D eigenvalue weighted by Gasteiger charge is 2.23. The number of nitrogens with zero attached hydrogens (tertiary/aromatic N) is 2. The molecule has 0 radical (unpaired) electrons. The van der Waals surface area contributed by atoms with E-state index in [1.165, 1.54) is 11.5 Å². The van der Waals surface area contributed by atoms with Gasteiger partial charge < -0.3 is 10.3 Å². The first-order valence-corrected chi connectivity index (χ1v) is 7.60. The van der Waals surface area contributed by atoms with Crippen LogP contribution in [0.15, 0.2) is 11.2 Å². The molecule has 1 atom stereocenters. The van der Waals surface area contributed by atoms with Gasteiger partial charge in [0.2, 0.25) is 0 Å². The molecule has 0 bridgehead atoms. The van der Waals surface area contributed by atoms with E-state index >= 15 is 0 Å². The molecule has 0 fully saturated rings. The van der Waals surface area contributed by atoms with Gasteiger partial charge in [-0.2, -0.15) is 0 Å². The number of nitrogens with two attached hydrogens (primary N) is 1. The predicted octanol–water partition coefficient (Wildman–Crippen LogP) is 0.129. The van der Waals surface area contributed by atoms with E-state index in [-0.39, 0.29) is 5.03 Å². The molecule has 0 spiro atoms. The highest BCUT2D eigenvalue weighted by Crippen LogP contribution is 2.18. The minimum atomic E-state index is -3.98. The Hall–Kier alpha value is -1.61. The van der Waals surface area contributed by atoms with Crippen molar-refractivity contribution in [3.05, 3.63) is 12.0 Å². The van der Waals surface area contributed by atoms with Crippen molar-refractivity contribution in [1.82, 2.24) is 14.9 Å². The number of halogens is 1. The molecule has 0 aliphatic carbocycles. The summed E-state index contributed by atoms with van der Waals surface area (Å²) in [7, 11) is 1.21. The molecule has 1 aromatic heterocycles. The van der Waals surface area contributed by atoms with Gasteiger partial charge in [-0.15, -0.1) is 0 Å². The number of aromatic nitrogens is 2. The van der Waals surface area contributed by atoms with E-state index in [4.69, 9.17) is 16.4 Å². The number of rotatable bonds is 4. The van der Waals surface area contributed by atoms with Crippen LogP contribution in [-0.2, 0) is 20.3 Å². The molecule has 0 aliphatic rings. The monoisotopic (exact) mass is 308 g/mol. The second-order valence-electron chi connectivity index (χ2n) is 3.72. The molecule has 0 saturated carbocycles. The fourth-order valence-electron chi connectivity index (χ4n) is 1.47. The first-order chi connectivity index (χ1) is 8.66. The van der Waals surface area contributed by atoms with Gasteiger partial charge in [-0.3, -0.25) is 10.1 Å². The average Bonchev–Trinajstić information content (AvgIpc) is 2.70. The average molecular weight is 309 g/mol. The minimum Gasteiger partial charge on any atom is -0.351 e. The van der Waals surface area contributed by atoms with Gasteiger partial charge in [-0.05, 0) is 6.92 Å². The van der Waals surface area contributed by atoms with Crippen LogP contribution in [0.3, 0.4) is 0 Å². The Kier molecular flexibility index (Phi) is 4.53. The van der Waals surface area contributed by atoms with Gasteiger partial charge in [0.15, 0.2) is 5.03 Å². The van der Waals surface area contributed by atoms with Crippen LogP contribution in [0.4, 0.5) is 4.79 Å². The lowest BCUT2D eigenvalue weighted by atomic mass is 10.3. The first kappa shape index (κ1) is 15.4. The zero-order valence-electron chi connectivity index (χ0n) is 10.3. The summed E-state index contributed by atoms with van der Waals surface area (Å²) in [5.74, 6) is -0.315. The third kappa shape index (κ3) is 3.67. The number of urea groups is 1. The lowest BCUT2D eigenvalue weighted by Crippen LogP contribution is -2.39. The summed E-state index contributed by atoms with van der Waals surface area (Å²) in [6, 6.07) is -1.83. The fraction of sp³-hybridized carbons (Fsp3) is 0.444. The molecule has 3 N–H and O–H groups in total. The summed E-state index contributed by atoms with van der Waals surface area (Å²) in [4.78, 5) is 26.1. The second kappa shape index (κ2) is 5.57. The van der Waals surface area contributed by atoms with Gasteiger partial charge in [-0.1, -0.05) is 6.92 Å². The highest BCUT2D eigenvalue weighted by molar-refractivity contribution is 8.13. The van der Waals surface area contributed by atoms with E-state index in [0.29, 0.717) is 12.2 Å². The van der Waals surface area contributed by atoms with Crippen LogP contribution in [0.2, 0.25) is 0 Å². The van der Waals surface area contributed by atoms with Crippen molar-refractivity contribution in [3.8, 4) is 0 Å². The zero-order valence-corrected chi connectivity index (χ0v) is 11.8. The summed E-state index contributed by atoms with van der Waals surface area (Å²) < 4.78 is 23.7. The SMILES string of the molecule is CCc1nc(S(=O)(=O)Cl)cn1C(C)C(=O)NC(N)=O. The van der Waals surface area contributed by atoms with Crippen LogP contribution in [0.1, 0.15) is 25.7 Å². The summed E-state index contributed by atoms with van der Waals surface area (Å²) in [6.45, 7) is 3.21. The Balaban J connectivity index is 3.16. The van der Waals surface area contributed by atoms with Crippen LogP contribution in [0.5, 0.6) is 0 Å². The van der Waals surface area contributed by atoms with E-state index in [1.54, 1.807) is 6.92 Å². The third-order valence-electron chi connectivity index (χ3n) is 2.40. The van der Waals surface area contributed by atoms with Crippen molar-refractivity contribution in [2.45, 2.75) is 31.3 Å². The lowest BCUT2D eigenvalue weighted by molar-refractivity contribution is -0.122. The molecule has 106 valence electrons. The standard InChI is InChI=1S/C9H13ClN4O4S/c1-3-6-12-7(19(10,17)18)4-14(6)5(2)8(15)13-9(11)16/h4-5H,3H2,1-2H3,(H3,11,13,15,16). The molecule has 0 aliphatic heterocycles. The van der Waals surface area contributed by atoms with E-state index in [1.807, 2.05) is 5.32 Å². The number of nitrogens with one attached hydrogen (secondary N) is 1. The van der Waals surface area contributed by atoms with Gasteiger partial charge in [0.1, 0.15) is 11.9 Å². The first-order valence-electron chi connectivity index (χ1n) is 5.29. The smallest absolute Gasteiger partial charge is 0.318 e. The number of primary amides is 1. The molecule has 8 nitrogen and oxygen atoms in total. The Bertz CT molecular complexity index is 610. The summed E-state index contributed by atoms with van der Waals surface area (Å²) in [5.41, 5.74) is 4.84. The van der Waals surface area contributed by atoms with Gasteiger partial charge in [-0.25, -0.2) is 18.2 Å². The van der Waals surface area contributed by atoms with Crippen molar-refractivity contribution in [1.29, 1.82) is 0 Å². The second-order valence-corrected chi connectivity index (χ2v) is 6.24. The molecule has 0 saturated heterocycles. The number of aryl methyl sites for hydroxylation is 1. The van der Waals surface area contributed by atoms with Gasteiger partial charge in [0, 0.05) is 23.3 Å². The Labute approximate surface area is 114 Å². The highest BCUT2D eigenvalue weighted by atomic mass is 35.7. The predicted molar refractivity (Wildman–Crippen MR) is 67.1 cm³/mol. The molecule has 0 aromatic carbocycles. The van der Waals surface area contributed by atoms with Crippen molar-refractivity contribution in [2.75, 3.05) is 0 Å². The molecule has 3 amide bonds. The molecule has 10 heteroatoms. The Morgan fingerprint density at radius 2 is 2.16 bits per heavy atom. The molecular weight excluding hydrogens is 296 g/mol. The van der Waals surface area contributed by atoms with E-state index < -0.39 is 27.0 Å². The molecule has 1 unspecified atom stereocenters. The van der Waals surface area contributed by atoms with E-state index in [0.717, 1.165) is 6.20 Å². The zero-order chi connectivity index (χ0) is 14.8. The third-order valence-corrected chi connectivity index (χ3v) is 3.57. The Morgan fingerprint density at radius 1 is 1.58 bits per heavy atom. The van der Waals surface area contributed by atoms with Gasteiger partial charge >= 0.3 is 6.03 Å². The summed E-state index contributed by atoms with van der Waals surface area (Å²) >= 11 is 0. The number of imide groups is 1. The maximum atomic E-state index is 11.6. The maximum absolute atomic E-state index is 11.6. The van der Waals surface area contributed by atoms with Crippen LogP contribution in [0, 0.1) is 0 Å². The van der Waals surface area contributed by atoms with Gasteiger partial charge in [0.25, 0.3) is 15.0 Å². The molecule has 1 rings (SSSR count). The van der Waals surface area contributed by atoms with Crippen molar-refractivity contribution in [3.63, 3.8) is 0 Å². The summed E-state index contributed by atoms with van der Waals surface area (Å²) in [5, 5.41) is 1.57. The minimum absolute atomic E-state index is 0.343. The van der Waals surface area contributed by atoms with E-state index in [9.17, 15) is 18.0 Å². The number of carbonyl (C=O) groups excluding carboxylic acids is 2.